The summed E-state index contributed by atoms with van der Waals surface area (Å²) >= 11 is 0. The number of carbonyl (C=O) groups excluding carboxylic acids is 1. The van der Waals surface area contributed by atoms with Gasteiger partial charge in [0.2, 0.25) is 5.95 Å². The van der Waals surface area contributed by atoms with Gasteiger partial charge in [-0.3, -0.25) is 9.48 Å². The van der Waals surface area contributed by atoms with E-state index in [1.165, 1.54) is 0 Å². The van der Waals surface area contributed by atoms with Crippen molar-refractivity contribution in [3.8, 4) is 11.3 Å². The second kappa shape index (κ2) is 7.92. The first-order valence-electron chi connectivity index (χ1n) is 9.59. The zero-order valence-corrected chi connectivity index (χ0v) is 16.7. The minimum atomic E-state index is -1.27. The maximum atomic E-state index is 12.4. The molecule has 0 saturated heterocycles. The predicted molar refractivity (Wildman–Crippen MR) is 116 cm³/mol. The molecule has 2 aromatic heterocycles. The number of amides is 1. The first-order valence-corrected chi connectivity index (χ1v) is 9.59. The number of nitrogens with two attached hydrogens (primary N) is 1. The number of nitrogens with zero attached hydrogens (tertiary/aromatic N) is 4. The zero-order valence-electron chi connectivity index (χ0n) is 16.7. The molecule has 0 radical (unpaired) electrons. The maximum absolute atomic E-state index is 12.4. The fourth-order valence-electron chi connectivity index (χ4n) is 3.43. The van der Waals surface area contributed by atoms with Crippen LogP contribution in [0.2, 0.25) is 0 Å². The Hall–Kier alpha value is -3.78. The highest BCUT2D eigenvalue weighted by molar-refractivity contribution is 5.94. The first kappa shape index (κ1) is 19.5. The fraction of sp³-hybridized carbons (Fsp3) is 0.182. The number of aryl methyl sites for hydroxylation is 2. The monoisotopic (exact) mass is 402 g/mol. The van der Waals surface area contributed by atoms with Gasteiger partial charge in [0.25, 0.3) is 5.91 Å². The van der Waals surface area contributed by atoms with Crippen molar-refractivity contribution < 1.29 is 9.90 Å². The molecule has 0 aliphatic rings. The molecule has 0 aliphatic carbocycles. The maximum Gasteiger partial charge on any atom is 0.259 e. The molecular weight excluding hydrogens is 380 g/mol. The molecule has 4 N–H and O–H groups in total. The number of carbonyl (C=O) groups is 1. The van der Waals surface area contributed by atoms with E-state index in [0.29, 0.717) is 11.4 Å². The summed E-state index contributed by atoms with van der Waals surface area (Å²) in [5.74, 6) is 0.0640. The minimum Gasteiger partial charge on any atom is -0.378 e. The van der Waals surface area contributed by atoms with Crippen LogP contribution in [0.4, 0.5) is 11.8 Å². The highest BCUT2D eigenvalue weighted by Gasteiger charge is 2.19. The van der Waals surface area contributed by atoms with Crippen LogP contribution >= 0.6 is 0 Å². The van der Waals surface area contributed by atoms with Crippen LogP contribution in [0.5, 0.6) is 0 Å². The van der Waals surface area contributed by atoms with Crippen LogP contribution in [-0.4, -0.2) is 30.8 Å². The molecule has 1 amide bonds. The van der Waals surface area contributed by atoms with Gasteiger partial charge in [-0.15, -0.1) is 0 Å². The van der Waals surface area contributed by atoms with E-state index in [2.05, 4.69) is 27.3 Å². The molecule has 0 aliphatic heterocycles. The number of nitrogen functional groups attached to an aromatic ring is 1. The third-order valence-corrected chi connectivity index (χ3v) is 4.95. The van der Waals surface area contributed by atoms with Gasteiger partial charge in [0.1, 0.15) is 0 Å². The highest BCUT2D eigenvalue weighted by atomic mass is 16.3. The van der Waals surface area contributed by atoms with Crippen molar-refractivity contribution in [2.24, 2.45) is 7.05 Å². The smallest absolute Gasteiger partial charge is 0.259 e. The molecule has 0 bridgehead atoms. The molecule has 4 aromatic rings. The summed E-state index contributed by atoms with van der Waals surface area (Å²) in [7, 11) is 1.80. The second-order valence-corrected chi connectivity index (χ2v) is 7.00. The van der Waals surface area contributed by atoms with Crippen LogP contribution in [0.15, 0.2) is 54.7 Å². The Bertz CT molecular complexity index is 1220. The van der Waals surface area contributed by atoms with Crippen molar-refractivity contribution in [2.75, 3.05) is 11.1 Å². The average Bonchev–Trinajstić information content (AvgIpc) is 3.12. The molecule has 0 saturated carbocycles. The SMILES string of the molecule is CCc1cc(-c2cc(NC(=O)C(O)c3ccccc3)nn2C)cc2cnc(N)nc12. The molecule has 1 atom stereocenters. The third-order valence-electron chi connectivity index (χ3n) is 4.95. The number of aliphatic hydroxyl groups excluding tert-OH is 1. The van der Waals surface area contributed by atoms with Gasteiger partial charge in [-0.2, -0.15) is 5.10 Å². The molecule has 8 heteroatoms. The van der Waals surface area contributed by atoms with Gasteiger partial charge >= 0.3 is 0 Å². The van der Waals surface area contributed by atoms with E-state index in [4.69, 9.17) is 5.73 Å². The van der Waals surface area contributed by atoms with Crippen LogP contribution in [-0.2, 0) is 18.3 Å². The van der Waals surface area contributed by atoms with Crippen molar-refractivity contribution in [2.45, 2.75) is 19.4 Å². The molecule has 152 valence electrons. The second-order valence-electron chi connectivity index (χ2n) is 7.00. The zero-order chi connectivity index (χ0) is 21.3. The third kappa shape index (κ3) is 3.72. The van der Waals surface area contributed by atoms with Crippen molar-refractivity contribution in [3.05, 3.63) is 65.9 Å². The van der Waals surface area contributed by atoms with Crippen molar-refractivity contribution in [1.82, 2.24) is 19.7 Å². The Labute approximate surface area is 173 Å². The van der Waals surface area contributed by atoms with E-state index < -0.39 is 12.0 Å². The Morgan fingerprint density at radius 2 is 2.00 bits per heavy atom. The van der Waals surface area contributed by atoms with Gasteiger partial charge in [-0.05, 0) is 29.7 Å². The van der Waals surface area contributed by atoms with E-state index in [1.54, 1.807) is 48.3 Å². The van der Waals surface area contributed by atoms with Crippen LogP contribution < -0.4 is 11.1 Å². The number of nitrogens with one attached hydrogen (secondary N) is 1. The van der Waals surface area contributed by atoms with Crippen molar-refractivity contribution in [1.29, 1.82) is 0 Å². The van der Waals surface area contributed by atoms with E-state index >= 15 is 0 Å². The van der Waals surface area contributed by atoms with Crippen LogP contribution in [0, 0.1) is 0 Å². The van der Waals surface area contributed by atoms with Crippen molar-refractivity contribution >= 4 is 28.6 Å². The predicted octanol–water partition coefficient (Wildman–Crippen LogP) is 2.85. The first-order chi connectivity index (χ1) is 14.5. The summed E-state index contributed by atoms with van der Waals surface area (Å²) in [6, 6.07) is 14.5. The van der Waals surface area contributed by atoms with E-state index in [-0.39, 0.29) is 5.95 Å². The van der Waals surface area contributed by atoms with E-state index in [1.807, 2.05) is 18.2 Å². The summed E-state index contributed by atoms with van der Waals surface area (Å²) in [5, 5.41) is 18.2. The van der Waals surface area contributed by atoms with Gasteiger partial charge in [0.15, 0.2) is 11.9 Å². The fourth-order valence-corrected chi connectivity index (χ4v) is 3.43. The number of aliphatic hydroxyl groups is 1. The molecule has 4 rings (SSSR count). The van der Waals surface area contributed by atoms with Gasteiger partial charge < -0.3 is 16.2 Å². The lowest BCUT2D eigenvalue weighted by molar-refractivity contribution is -0.124. The molecule has 2 aromatic carbocycles. The number of aromatic nitrogens is 4. The Kier molecular flexibility index (Phi) is 5.16. The molecule has 2 heterocycles. The average molecular weight is 402 g/mol. The lowest BCUT2D eigenvalue weighted by Gasteiger charge is -2.09. The number of hydrogen-bond donors (Lipinski definition) is 3. The van der Waals surface area contributed by atoms with Crippen LogP contribution in [0.1, 0.15) is 24.2 Å². The lowest BCUT2D eigenvalue weighted by atomic mass is 10.0. The van der Waals surface area contributed by atoms with Gasteiger partial charge in [0.05, 0.1) is 11.2 Å². The number of hydrogen-bond acceptors (Lipinski definition) is 6. The molecule has 1 unspecified atom stereocenters. The number of benzene rings is 2. The largest absolute Gasteiger partial charge is 0.378 e. The summed E-state index contributed by atoms with van der Waals surface area (Å²) in [4.78, 5) is 20.9. The summed E-state index contributed by atoms with van der Waals surface area (Å²) in [6.07, 6.45) is 1.22. The van der Waals surface area contributed by atoms with E-state index in [0.717, 1.165) is 34.1 Å². The quantitative estimate of drug-likeness (QED) is 0.472. The van der Waals surface area contributed by atoms with E-state index in [9.17, 15) is 9.90 Å². The van der Waals surface area contributed by atoms with Crippen LogP contribution in [0.25, 0.3) is 22.2 Å². The Morgan fingerprint density at radius 1 is 1.23 bits per heavy atom. The highest BCUT2D eigenvalue weighted by Crippen LogP contribution is 2.29. The summed E-state index contributed by atoms with van der Waals surface area (Å²) in [6.45, 7) is 2.05. The summed E-state index contributed by atoms with van der Waals surface area (Å²) in [5.41, 5.74) is 9.87. The standard InChI is InChI=1S/C22H22N6O2/c1-3-13-9-15(10-16-12-24-22(23)26-19(13)16)17-11-18(27-28(17)2)25-21(30)20(29)14-7-5-4-6-8-14/h4-12,20,29H,3H2,1-2H3,(H2,23,24,26)(H,25,27,30). The Balaban J connectivity index is 1.64. The summed E-state index contributed by atoms with van der Waals surface area (Å²) < 4.78 is 1.68. The van der Waals surface area contributed by atoms with Gasteiger partial charge in [-0.25, -0.2) is 9.97 Å². The normalized spacial score (nSPS) is 12.1. The molecule has 30 heavy (non-hydrogen) atoms. The number of fused-ring (bicyclic) bond motifs is 1. The molecule has 0 fully saturated rings. The molecular formula is C22H22N6O2. The molecule has 0 spiro atoms. The lowest BCUT2D eigenvalue weighted by Crippen LogP contribution is -2.21. The van der Waals surface area contributed by atoms with Gasteiger partial charge in [0, 0.05) is 30.3 Å². The van der Waals surface area contributed by atoms with Gasteiger partial charge in [-0.1, -0.05) is 37.3 Å². The Morgan fingerprint density at radius 3 is 2.73 bits per heavy atom. The minimum absolute atomic E-state index is 0.243. The molecule has 8 nitrogen and oxygen atoms in total. The number of rotatable bonds is 5. The topological polar surface area (TPSA) is 119 Å². The van der Waals surface area contributed by atoms with Crippen molar-refractivity contribution in [3.63, 3.8) is 0 Å². The van der Waals surface area contributed by atoms with Crippen LogP contribution in [0.3, 0.4) is 0 Å². The number of anilines is 2.